The number of pyridine rings is 1. The molecule has 2 heteroatoms. The lowest BCUT2D eigenvalue weighted by Crippen LogP contribution is -2.30. The van der Waals surface area contributed by atoms with E-state index in [1.54, 1.807) is 0 Å². The molecule has 1 aromatic rings. The van der Waals surface area contributed by atoms with Gasteiger partial charge in [0.2, 0.25) is 0 Å². The van der Waals surface area contributed by atoms with E-state index in [9.17, 15) is 0 Å². The van der Waals surface area contributed by atoms with Gasteiger partial charge >= 0.3 is 0 Å². The van der Waals surface area contributed by atoms with E-state index in [0.717, 1.165) is 19.4 Å². The molecule has 1 aromatic heterocycles. The second-order valence-electron chi connectivity index (χ2n) is 5.16. The van der Waals surface area contributed by atoms with E-state index in [2.05, 4.69) is 24.9 Å². The Morgan fingerprint density at radius 1 is 1.53 bits per heavy atom. The average molecular weight is 204 g/mol. The van der Waals surface area contributed by atoms with Gasteiger partial charge in [-0.25, -0.2) is 0 Å². The smallest absolute Gasteiger partial charge is 0.0438 e. The summed E-state index contributed by atoms with van der Waals surface area (Å²) in [6.07, 6.45) is 5.31. The average Bonchev–Trinajstić information content (AvgIpc) is 2.23. The van der Waals surface area contributed by atoms with Crippen molar-refractivity contribution in [3.05, 3.63) is 29.6 Å². The maximum atomic E-state index is 5.72. The van der Waals surface area contributed by atoms with Gasteiger partial charge in [0, 0.05) is 11.9 Å². The molecule has 2 N–H and O–H groups in total. The second kappa shape index (κ2) is 3.93. The number of hydrogen-bond acceptors (Lipinski definition) is 2. The maximum Gasteiger partial charge on any atom is 0.0438 e. The predicted molar refractivity (Wildman–Crippen MR) is 62.8 cm³/mol. The molecule has 1 aliphatic carbocycles. The molecule has 0 bridgehead atoms. The summed E-state index contributed by atoms with van der Waals surface area (Å²) in [4.78, 5) is 4.48. The van der Waals surface area contributed by atoms with Crippen LogP contribution in [0, 0.1) is 5.41 Å². The highest BCUT2D eigenvalue weighted by Crippen LogP contribution is 2.45. The van der Waals surface area contributed by atoms with Crippen molar-refractivity contribution in [2.75, 3.05) is 6.54 Å². The Balaban J connectivity index is 2.39. The van der Waals surface area contributed by atoms with Crippen molar-refractivity contribution < 1.29 is 0 Å². The third kappa shape index (κ3) is 1.91. The van der Waals surface area contributed by atoms with Gasteiger partial charge in [-0.3, -0.25) is 4.98 Å². The number of aryl methyl sites for hydroxylation is 1. The van der Waals surface area contributed by atoms with E-state index in [1.807, 2.05) is 12.3 Å². The highest BCUT2D eigenvalue weighted by molar-refractivity contribution is 5.29. The van der Waals surface area contributed by atoms with Crippen molar-refractivity contribution in [1.82, 2.24) is 4.98 Å². The summed E-state index contributed by atoms with van der Waals surface area (Å²) in [6, 6.07) is 4.27. The molecule has 0 fully saturated rings. The van der Waals surface area contributed by atoms with Gasteiger partial charge in [0.15, 0.2) is 0 Å². The van der Waals surface area contributed by atoms with Crippen LogP contribution in [0.25, 0.3) is 0 Å². The summed E-state index contributed by atoms with van der Waals surface area (Å²) >= 11 is 0. The second-order valence-corrected chi connectivity index (χ2v) is 5.16. The van der Waals surface area contributed by atoms with Crippen molar-refractivity contribution in [2.45, 2.75) is 39.0 Å². The fourth-order valence-corrected chi connectivity index (χ4v) is 2.73. The van der Waals surface area contributed by atoms with Crippen LogP contribution in [-0.2, 0) is 6.42 Å². The van der Waals surface area contributed by atoms with E-state index in [4.69, 9.17) is 5.73 Å². The van der Waals surface area contributed by atoms with Gasteiger partial charge in [-0.05, 0) is 48.8 Å². The maximum absolute atomic E-state index is 5.72. The lowest BCUT2D eigenvalue weighted by atomic mass is 9.66. The number of nitrogens with zero attached hydrogens (tertiary/aromatic N) is 1. The summed E-state index contributed by atoms with van der Waals surface area (Å²) in [7, 11) is 0. The molecule has 0 radical (unpaired) electrons. The van der Waals surface area contributed by atoms with Crippen LogP contribution >= 0.6 is 0 Å². The van der Waals surface area contributed by atoms with Crippen LogP contribution in [0.15, 0.2) is 18.3 Å². The summed E-state index contributed by atoms with van der Waals surface area (Å²) in [5.41, 5.74) is 8.80. The topological polar surface area (TPSA) is 38.9 Å². The zero-order valence-electron chi connectivity index (χ0n) is 9.66. The fraction of sp³-hybridized carbons (Fsp3) is 0.615. The molecule has 2 nitrogen and oxygen atoms in total. The zero-order valence-corrected chi connectivity index (χ0v) is 9.66. The molecule has 82 valence electrons. The van der Waals surface area contributed by atoms with Gasteiger partial charge in [0.05, 0.1) is 0 Å². The van der Waals surface area contributed by atoms with Crippen LogP contribution in [0.2, 0.25) is 0 Å². The monoisotopic (exact) mass is 204 g/mol. The Morgan fingerprint density at radius 3 is 3.07 bits per heavy atom. The number of hydrogen-bond donors (Lipinski definition) is 1. The number of rotatable bonds is 2. The van der Waals surface area contributed by atoms with Gasteiger partial charge in [-0.2, -0.15) is 0 Å². The molecule has 0 amide bonds. The minimum atomic E-state index is 0.370. The Morgan fingerprint density at radius 2 is 2.33 bits per heavy atom. The molecule has 1 heterocycles. The van der Waals surface area contributed by atoms with Gasteiger partial charge in [0.25, 0.3) is 0 Å². The molecule has 1 unspecified atom stereocenters. The lowest BCUT2D eigenvalue weighted by Gasteiger charge is -2.39. The first-order valence-electron chi connectivity index (χ1n) is 5.79. The van der Waals surface area contributed by atoms with E-state index in [0.29, 0.717) is 11.3 Å². The van der Waals surface area contributed by atoms with E-state index >= 15 is 0 Å². The molecule has 2 rings (SSSR count). The Hall–Kier alpha value is -0.890. The number of nitrogens with two attached hydrogens (primary N) is 1. The number of fused-ring (bicyclic) bond motifs is 1. The Kier molecular flexibility index (Phi) is 2.79. The fourth-order valence-electron chi connectivity index (χ4n) is 2.73. The van der Waals surface area contributed by atoms with Crippen LogP contribution in [0.3, 0.4) is 0 Å². The zero-order chi connectivity index (χ0) is 10.9. The Bertz CT molecular complexity index is 344. The predicted octanol–water partition coefficient (Wildman–Crippen LogP) is 2.49. The molecule has 15 heavy (non-hydrogen) atoms. The quantitative estimate of drug-likeness (QED) is 0.803. The molecular weight excluding hydrogens is 184 g/mol. The SMILES string of the molecule is CC1(C)CCc2ncccc2C1CCN. The largest absolute Gasteiger partial charge is 0.330 e. The van der Waals surface area contributed by atoms with Gasteiger partial charge in [-0.15, -0.1) is 0 Å². The lowest BCUT2D eigenvalue weighted by molar-refractivity contribution is 0.233. The standard InChI is InChI=1S/C13H20N2/c1-13(2)7-5-12-10(4-3-9-15-12)11(13)6-8-14/h3-4,9,11H,5-8,14H2,1-2H3. The van der Waals surface area contributed by atoms with Gasteiger partial charge < -0.3 is 5.73 Å². The summed E-state index contributed by atoms with van der Waals surface area (Å²) in [5, 5.41) is 0. The van der Waals surface area contributed by atoms with Crippen LogP contribution in [0.5, 0.6) is 0 Å². The molecule has 0 aromatic carbocycles. The first-order valence-corrected chi connectivity index (χ1v) is 5.79. The molecule has 1 aliphatic rings. The third-order valence-corrected chi connectivity index (χ3v) is 3.71. The van der Waals surface area contributed by atoms with Crippen LogP contribution in [0.1, 0.15) is 43.9 Å². The van der Waals surface area contributed by atoms with E-state index in [-0.39, 0.29) is 0 Å². The summed E-state index contributed by atoms with van der Waals surface area (Å²) in [5.74, 6) is 0.583. The first kappa shape index (κ1) is 10.6. The third-order valence-electron chi connectivity index (χ3n) is 3.71. The minimum Gasteiger partial charge on any atom is -0.330 e. The normalized spacial score (nSPS) is 23.5. The Labute approximate surface area is 91.9 Å². The van der Waals surface area contributed by atoms with E-state index in [1.165, 1.54) is 17.7 Å². The van der Waals surface area contributed by atoms with Crippen LogP contribution in [-0.4, -0.2) is 11.5 Å². The highest BCUT2D eigenvalue weighted by Gasteiger charge is 2.35. The highest BCUT2D eigenvalue weighted by atomic mass is 14.7. The van der Waals surface area contributed by atoms with E-state index < -0.39 is 0 Å². The van der Waals surface area contributed by atoms with Gasteiger partial charge in [-0.1, -0.05) is 19.9 Å². The molecule has 0 aliphatic heterocycles. The molecule has 0 saturated heterocycles. The minimum absolute atomic E-state index is 0.370. The van der Waals surface area contributed by atoms with Crippen molar-refractivity contribution in [2.24, 2.45) is 11.1 Å². The summed E-state index contributed by atoms with van der Waals surface area (Å²) in [6.45, 7) is 5.47. The molecule has 0 spiro atoms. The van der Waals surface area contributed by atoms with Crippen LogP contribution in [0.4, 0.5) is 0 Å². The first-order chi connectivity index (χ1) is 7.15. The molecular formula is C13H20N2. The van der Waals surface area contributed by atoms with Crippen LogP contribution < -0.4 is 5.73 Å². The number of aromatic nitrogens is 1. The van der Waals surface area contributed by atoms with Crippen molar-refractivity contribution >= 4 is 0 Å². The molecule has 0 saturated carbocycles. The summed E-state index contributed by atoms with van der Waals surface area (Å²) < 4.78 is 0. The molecule has 1 atom stereocenters. The van der Waals surface area contributed by atoms with Gasteiger partial charge in [0.1, 0.15) is 0 Å². The van der Waals surface area contributed by atoms with Crippen molar-refractivity contribution in [1.29, 1.82) is 0 Å². The van der Waals surface area contributed by atoms with Crippen molar-refractivity contribution in [3.63, 3.8) is 0 Å². The van der Waals surface area contributed by atoms with Crippen molar-refractivity contribution in [3.8, 4) is 0 Å².